The van der Waals surface area contributed by atoms with E-state index in [1.807, 2.05) is 37.3 Å². The molecule has 3 nitrogen and oxygen atoms in total. The van der Waals surface area contributed by atoms with Crippen molar-refractivity contribution in [1.29, 1.82) is 0 Å². The second kappa shape index (κ2) is 4.66. The van der Waals surface area contributed by atoms with E-state index in [1.54, 1.807) is 0 Å². The number of para-hydroxylation sites is 1. The van der Waals surface area contributed by atoms with Crippen LogP contribution in [-0.2, 0) is 4.79 Å². The number of benzene rings is 1. The molecule has 0 spiro atoms. The van der Waals surface area contributed by atoms with Gasteiger partial charge in [-0.2, -0.15) is 0 Å². The maximum Gasteiger partial charge on any atom is 0.244 e. The van der Waals surface area contributed by atoms with Crippen LogP contribution in [0.25, 0.3) is 0 Å². The van der Waals surface area contributed by atoms with E-state index in [4.69, 9.17) is 0 Å². The molecule has 2 rings (SSSR count). The minimum Gasteiger partial charge on any atom is -0.324 e. The van der Waals surface area contributed by atoms with Gasteiger partial charge in [0.15, 0.2) is 0 Å². The molecular formula is C13H18N2O. The Balaban J connectivity index is 2.02. The number of rotatable bonds is 2. The fraction of sp³-hybridized carbons (Fsp3) is 0.462. The Morgan fingerprint density at radius 2 is 2.06 bits per heavy atom. The van der Waals surface area contributed by atoms with Crippen molar-refractivity contribution < 1.29 is 4.79 Å². The lowest BCUT2D eigenvalue weighted by molar-refractivity contribution is -0.122. The van der Waals surface area contributed by atoms with Gasteiger partial charge in [-0.1, -0.05) is 18.2 Å². The Morgan fingerprint density at radius 3 is 2.69 bits per heavy atom. The van der Waals surface area contributed by atoms with Crippen molar-refractivity contribution in [3.63, 3.8) is 0 Å². The van der Waals surface area contributed by atoms with Crippen molar-refractivity contribution in [3.05, 3.63) is 30.3 Å². The van der Waals surface area contributed by atoms with Crippen molar-refractivity contribution in [2.75, 3.05) is 11.9 Å². The maximum absolute atomic E-state index is 12.1. The van der Waals surface area contributed by atoms with Crippen LogP contribution in [0.3, 0.4) is 0 Å². The molecule has 1 unspecified atom stereocenters. The third kappa shape index (κ3) is 2.42. The van der Waals surface area contributed by atoms with Crippen LogP contribution in [0, 0.1) is 0 Å². The van der Waals surface area contributed by atoms with E-state index in [0.29, 0.717) is 0 Å². The number of amides is 1. The SMILES string of the molecule is CC1(C(=O)Nc2ccccc2)CCCCN1. The molecule has 1 fully saturated rings. The molecule has 2 N–H and O–H groups in total. The number of piperidine rings is 1. The Bertz CT molecular complexity index is 355. The molecule has 0 aliphatic carbocycles. The van der Waals surface area contributed by atoms with Crippen molar-refractivity contribution in [1.82, 2.24) is 5.32 Å². The number of hydrogen-bond acceptors (Lipinski definition) is 2. The minimum atomic E-state index is -0.409. The smallest absolute Gasteiger partial charge is 0.244 e. The zero-order valence-corrected chi connectivity index (χ0v) is 9.62. The van der Waals surface area contributed by atoms with Crippen LogP contribution in [0.1, 0.15) is 26.2 Å². The van der Waals surface area contributed by atoms with Gasteiger partial charge in [0.2, 0.25) is 5.91 Å². The van der Waals surface area contributed by atoms with Gasteiger partial charge in [-0.15, -0.1) is 0 Å². The first kappa shape index (κ1) is 11.1. The molecule has 0 bridgehead atoms. The van der Waals surface area contributed by atoms with Gasteiger partial charge >= 0.3 is 0 Å². The molecule has 1 atom stereocenters. The van der Waals surface area contributed by atoms with Gasteiger partial charge in [-0.3, -0.25) is 4.79 Å². The van der Waals surface area contributed by atoms with E-state index in [2.05, 4.69) is 10.6 Å². The zero-order valence-electron chi connectivity index (χ0n) is 9.62. The average molecular weight is 218 g/mol. The maximum atomic E-state index is 12.1. The number of hydrogen-bond donors (Lipinski definition) is 2. The molecule has 1 aliphatic heterocycles. The van der Waals surface area contributed by atoms with Crippen molar-refractivity contribution in [2.45, 2.75) is 31.7 Å². The summed E-state index contributed by atoms with van der Waals surface area (Å²) < 4.78 is 0. The Labute approximate surface area is 96.2 Å². The summed E-state index contributed by atoms with van der Waals surface area (Å²) in [4.78, 5) is 12.1. The van der Waals surface area contributed by atoms with E-state index in [9.17, 15) is 4.79 Å². The molecule has 86 valence electrons. The predicted molar refractivity (Wildman–Crippen MR) is 65.3 cm³/mol. The van der Waals surface area contributed by atoms with Gasteiger partial charge in [-0.25, -0.2) is 0 Å². The van der Waals surface area contributed by atoms with E-state index < -0.39 is 5.54 Å². The van der Waals surface area contributed by atoms with Crippen LogP contribution in [-0.4, -0.2) is 18.0 Å². The second-order valence-corrected chi connectivity index (χ2v) is 4.54. The molecule has 1 saturated heterocycles. The van der Waals surface area contributed by atoms with Crippen LogP contribution in [0.4, 0.5) is 5.69 Å². The summed E-state index contributed by atoms with van der Waals surface area (Å²) in [6, 6.07) is 9.60. The summed E-state index contributed by atoms with van der Waals surface area (Å²) in [7, 11) is 0. The molecule has 1 heterocycles. The predicted octanol–water partition coefficient (Wildman–Crippen LogP) is 2.16. The summed E-state index contributed by atoms with van der Waals surface area (Å²) in [5.74, 6) is 0.0680. The van der Waals surface area contributed by atoms with Gasteiger partial charge in [-0.05, 0) is 44.9 Å². The molecule has 1 aromatic carbocycles. The summed E-state index contributed by atoms with van der Waals surface area (Å²) in [6.07, 6.45) is 3.19. The highest BCUT2D eigenvalue weighted by Gasteiger charge is 2.34. The second-order valence-electron chi connectivity index (χ2n) is 4.54. The lowest BCUT2D eigenvalue weighted by Crippen LogP contribution is -2.54. The molecule has 3 heteroatoms. The molecule has 1 aliphatic rings. The largest absolute Gasteiger partial charge is 0.324 e. The first-order valence-electron chi connectivity index (χ1n) is 5.82. The lowest BCUT2D eigenvalue weighted by Gasteiger charge is -2.33. The molecule has 1 amide bonds. The first-order chi connectivity index (χ1) is 7.71. The Kier molecular flexibility index (Phi) is 3.25. The number of nitrogens with one attached hydrogen (secondary N) is 2. The standard InChI is InChI=1S/C13H18N2O/c1-13(9-5-6-10-14-13)12(16)15-11-7-3-2-4-8-11/h2-4,7-8,14H,5-6,9-10H2,1H3,(H,15,16). The van der Waals surface area contributed by atoms with Crippen LogP contribution in [0.15, 0.2) is 30.3 Å². The van der Waals surface area contributed by atoms with Crippen molar-refractivity contribution in [3.8, 4) is 0 Å². The third-order valence-corrected chi connectivity index (χ3v) is 3.15. The van der Waals surface area contributed by atoms with Crippen LogP contribution < -0.4 is 10.6 Å². The minimum absolute atomic E-state index is 0.0680. The summed E-state index contributed by atoms with van der Waals surface area (Å²) >= 11 is 0. The monoisotopic (exact) mass is 218 g/mol. The van der Waals surface area contributed by atoms with Gasteiger partial charge in [0.1, 0.15) is 0 Å². The molecular weight excluding hydrogens is 200 g/mol. The van der Waals surface area contributed by atoms with Crippen LogP contribution in [0.5, 0.6) is 0 Å². The topological polar surface area (TPSA) is 41.1 Å². The molecule has 0 aromatic heterocycles. The highest BCUT2D eigenvalue weighted by molar-refractivity contribution is 5.97. The molecule has 0 saturated carbocycles. The number of anilines is 1. The van der Waals surface area contributed by atoms with Crippen LogP contribution >= 0.6 is 0 Å². The molecule has 16 heavy (non-hydrogen) atoms. The Hall–Kier alpha value is -1.35. The van der Waals surface area contributed by atoms with Gasteiger partial charge in [0.25, 0.3) is 0 Å². The third-order valence-electron chi connectivity index (χ3n) is 3.15. The Morgan fingerprint density at radius 1 is 1.31 bits per heavy atom. The zero-order chi connectivity index (χ0) is 11.4. The van der Waals surface area contributed by atoms with Crippen LogP contribution in [0.2, 0.25) is 0 Å². The molecule has 1 aromatic rings. The van der Waals surface area contributed by atoms with Crippen molar-refractivity contribution in [2.24, 2.45) is 0 Å². The lowest BCUT2D eigenvalue weighted by atomic mass is 9.90. The van der Waals surface area contributed by atoms with E-state index in [1.165, 1.54) is 0 Å². The van der Waals surface area contributed by atoms with Gasteiger partial charge in [0, 0.05) is 5.69 Å². The highest BCUT2D eigenvalue weighted by Crippen LogP contribution is 2.20. The normalized spacial score (nSPS) is 25.1. The molecule has 0 radical (unpaired) electrons. The number of carbonyl (C=O) groups is 1. The van der Waals surface area contributed by atoms with E-state index >= 15 is 0 Å². The van der Waals surface area contributed by atoms with Gasteiger partial charge in [0.05, 0.1) is 5.54 Å². The fourth-order valence-electron chi connectivity index (χ4n) is 2.04. The summed E-state index contributed by atoms with van der Waals surface area (Å²) in [5.41, 5.74) is 0.453. The number of carbonyl (C=O) groups excluding carboxylic acids is 1. The summed E-state index contributed by atoms with van der Waals surface area (Å²) in [5, 5.41) is 6.25. The summed E-state index contributed by atoms with van der Waals surface area (Å²) in [6.45, 7) is 2.91. The van der Waals surface area contributed by atoms with E-state index in [0.717, 1.165) is 31.5 Å². The highest BCUT2D eigenvalue weighted by atomic mass is 16.2. The van der Waals surface area contributed by atoms with E-state index in [-0.39, 0.29) is 5.91 Å². The average Bonchev–Trinajstić information content (AvgIpc) is 2.31. The van der Waals surface area contributed by atoms with Gasteiger partial charge < -0.3 is 10.6 Å². The van der Waals surface area contributed by atoms with Crippen molar-refractivity contribution >= 4 is 11.6 Å². The fourth-order valence-corrected chi connectivity index (χ4v) is 2.04. The quantitative estimate of drug-likeness (QED) is 0.798. The first-order valence-corrected chi connectivity index (χ1v) is 5.82.